The molecule has 6 heteroatoms. The minimum absolute atomic E-state index is 0.00919. The van der Waals surface area contributed by atoms with Crippen LogP contribution in [0.5, 0.6) is 0 Å². The number of rotatable bonds is 4. The molecule has 2 aliphatic heterocycles. The number of amides is 1. The maximum absolute atomic E-state index is 13.9. The number of likely N-dealkylation sites (tertiary alicyclic amines) is 2. The first kappa shape index (κ1) is 17.3. The first-order chi connectivity index (χ1) is 11.5. The number of piperidine rings is 2. The Morgan fingerprint density at radius 2 is 1.83 bits per heavy atom. The Labute approximate surface area is 141 Å². The molecule has 3 rings (SSSR count). The lowest BCUT2D eigenvalue weighted by atomic mass is 9.90. The summed E-state index contributed by atoms with van der Waals surface area (Å²) in [5, 5.41) is 10.9. The van der Waals surface area contributed by atoms with E-state index in [9.17, 15) is 18.7 Å². The van der Waals surface area contributed by atoms with Gasteiger partial charge in [0.15, 0.2) is 17.2 Å². The number of nitrogens with zero attached hydrogens (tertiary/aromatic N) is 2. The second-order valence-corrected chi connectivity index (χ2v) is 6.91. The third-order valence-corrected chi connectivity index (χ3v) is 5.03. The standard InChI is InChI=1S/C18H24F2N2O2/c19-15-7-4-6-14(16(15)20)12-22-11-5-8-18(24,17(22)23)13-21-9-2-1-3-10-21/h4,6-7,24H,1-3,5,8-13H2/t18-/m1/s1. The van der Waals surface area contributed by atoms with E-state index in [4.69, 9.17) is 0 Å². The molecule has 0 bridgehead atoms. The highest BCUT2D eigenvalue weighted by Crippen LogP contribution is 2.27. The van der Waals surface area contributed by atoms with E-state index in [1.165, 1.54) is 23.5 Å². The zero-order valence-corrected chi connectivity index (χ0v) is 13.8. The molecular formula is C18H24F2N2O2. The van der Waals surface area contributed by atoms with Crippen LogP contribution in [0.15, 0.2) is 18.2 Å². The molecule has 2 saturated heterocycles. The van der Waals surface area contributed by atoms with Crippen molar-refractivity contribution in [1.82, 2.24) is 9.80 Å². The van der Waals surface area contributed by atoms with Gasteiger partial charge in [0.1, 0.15) is 0 Å². The van der Waals surface area contributed by atoms with E-state index in [-0.39, 0.29) is 18.0 Å². The molecule has 0 unspecified atom stereocenters. The molecule has 2 heterocycles. The molecule has 2 fully saturated rings. The molecule has 0 aromatic heterocycles. The maximum Gasteiger partial charge on any atom is 0.256 e. The van der Waals surface area contributed by atoms with Gasteiger partial charge in [-0.05, 0) is 44.8 Å². The maximum atomic E-state index is 13.9. The van der Waals surface area contributed by atoms with Crippen molar-refractivity contribution in [1.29, 1.82) is 0 Å². The van der Waals surface area contributed by atoms with Crippen molar-refractivity contribution in [2.24, 2.45) is 0 Å². The second kappa shape index (κ2) is 7.15. The fourth-order valence-electron chi connectivity index (χ4n) is 3.73. The number of β-amino-alcohol motifs (C(OH)–C–C–N with tert-alkyl or cyclic N) is 1. The number of carbonyl (C=O) groups is 1. The van der Waals surface area contributed by atoms with Gasteiger partial charge in [0.05, 0.1) is 0 Å². The van der Waals surface area contributed by atoms with Gasteiger partial charge in [0, 0.05) is 25.2 Å². The van der Waals surface area contributed by atoms with E-state index in [1.807, 2.05) is 0 Å². The molecule has 1 amide bonds. The smallest absolute Gasteiger partial charge is 0.256 e. The molecule has 1 atom stereocenters. The topological polar surface area (TPSA) is 43.8 Å². The van der Waals surface area contributed by atoms with E-state index >= 15 is 0 Å². The van der Waals surface area contributed by atoms with Crippen molar-refractivity contribution >= 4 is 5.91 Å². The predicted octanol–water partition coefficient (Wildman–Crippen LogP) is 2.30. The third-order valence-electron chi connectivity index (χ3n) is 5.03. The summed E-state index contributed by atoms with van der Waals surface area (Å²) in [5.74, 6) is -2.21. The van der Waals surface area contributed by atoms with Gasteiger partial charge in [-0.25, -0.2) is 8.78 Å². The number of hydrogen-bond donors (Lipinski definition) is 1. The molecule has 0 saturated carbocycles. The summed E-state index contributed by atoms with van der Waals surface area (Å²) in [7, 11) is 0. The van der Waals surface area contributed by atoms with E-state index in [0.29, 0.717) is 25.9 Å². The molecule has 132 valence electrons. The van der Waals surface area contributed by atoms with Gasteiger partial charge in [-0.15, -0.1) is 0 Å². The summed E-state index contributed by atoms with van der Waals surface area (Å²) >= 11 is 0. The van der Waals surface area contributed by atoms with Crippen LogP contribution < -0.4 is 0 Å². The molecule has 0 radical (unpaired) electrons. The quantitative estimate of drug-likeness (QED) is 0.916. The fraction of sp³-hybridized carbons (Fsp3) is 0.611. The summed E-state index contributed by atoms with van der Waals surface area (Å²) < 4.78 is 27.2. The third kappa shape index (κ3) is 3.59. The molecule has 2 aliphatic rings. The van der Waals surface area contributed by atoms with E-state index in [2.05, 4.69) is 4.90 Å². The van der Waals surface area contributed by atoms with Crippen molar-refractivity contribution in [2.45, 2.75) is 44.2 Å². The number of benzene rings is 1. The van der Waals surface area contributed by atoms with Crippen LogP contribution in [-0.2, 0) is 11.3 Å². The number of halogens is 2. The lowest BCUT2D eigenvalue weighted by Crippen LogP contribution is -2.58. The number of carbonyl (C=O) groups excluding carboxylic acids is 1. The monoisotopic (exact) mass is 338 g/mol. The van der Waals surface area contributed by atoms with Gasteiger partial charge >= 0.3 is 0 Å². The number of aliphatic hydroxyl groups is 1. The van der Waals surface area contributed by atoms with E-state index in [0.717, 1.165) is 32.0 Å². The first-order valence-corrected chi connectivity index (χ1v) is 8.67. The fourth-order valence-corrected chi connectivity index (χ4v) is 3.73. The van der Waals surface area contributed by atoms with Gasteiger partial charge in [0.2, 0.25) is 0 Å². The van der Waals surface area contributed by atoms with Crippen LogP contribution in [0.1, 0.15) is 37.7 Å². The van der Waals surface area contributed by atoms with Crippen LogP contribution in [0, 0.1) is 11.6 Å². The van der Waals surface area contributed by atoms with Crippen LogP contribution >= 0.6 is 0 Å². The Hall–Kier alpha value is -1.53. The van der Waals surface area contributed by atoms with Crippen LogP contribution in [0.25, 0.3) is 0 Å². The SMILES string of the molecule is O=C1N(Cc2cccc(F)c2F)CCC[C@@]1(O)CN1CCCCC1. The molecular weight excluding hydrogens is 314 g/mol. The molecule has 1 N–H and O–H groups in total. The minimum Gasteiger partial charge on any atom is -0.379 e. The Bertz CT molecular complexity index is 605. The normalized spacial score (nSPS) is 26.0. The summed E-state index contributed by atoms with van der Waals surface area (Å²) in [5.41, 5.74) is -1.27. The molecule has 24 heavy (non-hydrogen) atoms. The van der Waals surface area contributed by atoms with Crippen LogP contribution in [0.4, 0.5) is 8.78 Å². The van der Waals surface area contributed by atoms with Crippen molar-refractivity contribution in [2.75, 3.05) is 26.2 Å². The summed E-state index contributed by atoms with van der Waals surface area (Å²) in [4.78, 5) is 16.3. The molecule has 0 spiro atoms. The molecule has 4 nitrogen and oxygen atoms in total. The number of hydrogen-bond acceptors (Lipinski definition) is 3. The van der Waals surface area contributed by atoms with Gasteiger partial charge < -0.3 is 10.0 Å². The highest BCUT2D eigenvalue weighted by Gasteiger charge is 2.43. The van der Waals surface area contributed by atoms with E-state index in [1.54, 1.807) is 0 Å². The van der Waals surface area contributed by atoms with Crippen molar-refractivity contribution in [3.05, 3.63) is 35.4 Å². The highest BCUT2D eigenvalue weighted by molar-refractivity contribution is 5.86. The van der Waals surface area contributed by atoms with Crippen LogP contribution in [-0.4, -0.2) is 52.6 Å². The van der Waals surface area contributed by atoms with Crippen LogP contribution in [0.3, 0.4) is 0 Å². The van der Waals surface area contributed by atoms with Crippen molar-refractivity contribution < 1.29 is 18.7 Å². The zero-order chi connectivity index (χ0) is 17.2. The Morgan fingerprint density at radius 1 is 1.08 bits per heavy atom. The molecule has 1 aromatic rings. The predicted molar refractivity (Wildman–Crippen MR) is 86.2 cm³/mol. The Morgan fingerprint density at radius 3 is 2.58 bits per heavy atom. The van der Waals surface area contributed by atoms with Gasteiger partial charge in [0.25, 0.3) is 5.91 Å². The van der Waals surface area contributed by atoms with Crippen LogP contribution in [0.2, 0.25) is 0 Å². The molecule has 1 aromatic carbocycles. The van der Waals surface area contributed by atoms with Gasteiger partial charge in [-0.2, -0.15) is 0 Å². The largest absolute Gasteiger partial charge is 0.379 e. The lowest BCUT2D eigenvalue weighted by molar-refractivity contribution is -0.160. The summed E-state index contributed by atoms with van der Waals surface area (Å²) in [6.07, 6.45) is 4.44. The van der Waals surface area contributed by atoms with E-state index < -0.39 is 17.2 Å². The van der Waals surface area contributed by atoms with Gasteiger partial charge in [-0.1, -0.05) is 18.6 Å². The first-order valence-electron chi connectivity index (χ1n) is 8.67. The van der Waals surface area contributed by atoms with Gasteiger partial charge in [-0.3, -0.25) is 9.69 Å². The minimum atomic E-state index is -1.42. The lowest BCUT2D eigenvalue weighted by Gasteiger charge is -2.41. The molecule has 0 aliphatic carbocycles. The van der Waals surface area contributed by atoms with Crippen molar-refractivity contribution in [3.8, 4) is 0 Å². The Balaban J connectivity index is 1.70. The highest BCUT2D eigenvalue weighted by atomic mass is 19.2. The second-order valence-electron chi connectivity index (χ2n) is 6.91. The zero-order valence-electron chi connectivity index (χ0n) is 13.8. The average molecular weight is 338 g/mol. The average Bonchev–Trinajstić information content (AvgIpc) is 2.57. The Kier molecular flexibility index (Phi) is 5.15. The summed E-state index contributed by atoms with van der Waals surface area (Å²) in [6.45, 7) is 2.57. The van der Waals surface area contributed by atoms with Crippen molar-refractivity contribution in [3.63, 3.8) is 0 Å². The summed E-state index contributed by atoms with van der Waals surface area (Å²) in [6, 6.07) is 3.97.